The van der Waals surface area contributed by atoms with Crippen LogP contribution in [0.5, 0.6) is 0 Å². The molecular weight excluding hydrogens is 132 g/mol. The van der Waals surface area contributed by atoms with Gasteiger partial charge in [-0.05, 0) is 23.7 Å². The molecule has 0 aromatic heterocycles. The largest absolute Gasteiger partial charge is 0.0620 e. The van der Waals surface area contributed by atoms with Crippen LogP contribution in [0.4, 0.5) is 0 Å². The maximum Gasteiger partial charge on any atom is -0.0213 e. The number of rotatable bonds is 0. The summed E-state index contributed by atoms with van der Waals surface area (Å²) in [5, 5.41) is 0. The van der Waals surface area contributed by atoms with Crippen LogP contribution in [0.2, 0.25) is 0 Å². The van der Waals surface area contributed by atoms with Gasteiger partial charge >= 0.3 is 0 Å². The molecule has 1 atom stereocenters. The van der Waals surface area contributed by atoms with Gasteiger partial charge in [-0.2, -0.15) is 0 Å². The molecule has 0 N–H and O–H groups in total. The molecule has 1 aliphatic carbocycles. The number of hydrogen-bond donors (Lipinski definition) is 0. The molecule has 1 saturated carbocycles. The van der Waals surface area contributed by atoms with Gasteiger partial charge < -0.3 is 0 Å². The average Bonchev–Trinajstić information content (AvgIpc) is 2.03. The van der Waals surface area contributed by atoms with Gasteiger partial charge in [-0.1, -0.05) is 47.0 Å². The molecule has 0 spiro atoms. The standard InChI is InChI=1S/C11H21/c1-9-7-5-6-8-10(2)11(9,3)4/h9H,5-8H2,1-4H3. The lowest BCUT2D eigenvalue weighted by molar-refractivity contribution is 0.243. The Kier molecular flexibility index (Phi) is 2.61. The third-order valence-corrected chi connectivity index (χ3v) is 3.77. The second kappa shape index (κ2) is 3.16. The van der Waals surface area contributed by atoms with Crippen molar-refractivity contribution in [1.29, 1.82) is 0 Å². The van der Waals surface area contributed by atoms with E-state index >= 15 is 0 Å². The zero-order chi connectivity index (χ0) is 8.48. The normalized spacial score (nSPS) is 33.3. The maximum atomic E-state index is 2.40. The molecule has 0 heteroatoms. The molecule has 0 aliphatic heterocycles. The van der Waals surface area contributed by atoms with E-state index in [2.05, 4.69) is 27.7 Å². The first kappa shape index (κ1) is 9.09. The molecule has 65 valence electrons. The van der Waals surface area contributed by atoms with Crippen molar-refractivity contribution in [2.75, 3.05) is 0 Å². The van der Waals surface area contributed by atoms with Gasteiger partial charge in [-0.15, -0.1) is 0 Å². The Balaban J connectivity index is 2.67. The first-order chi connectivity index (χ1) is 5.05. The molecule has 0 heterocycles. The van der Waals surface area contributed by atoms with Crippen molar-refractivity contribution in [2.24, 2.45) is 11.3 Å². The summed E-state index contributed by atoms with van der Waals surface area (Å²) in [5.74, 6) is 2.59. The summed E-state index contributed by atoms with van der Waals surface area (Å²) in [7, 11) is 0. The van der Waals surface area contributed by atoms with E-state index in [1.165, 1.54) is 25.7 Å². The minimum Gasteiger partial charge on any atom is -0.0620 e. The van der Waals surface area contributed by atoms with Crippen LogP contribution in [-0.2, 0) is 0 Å². The molecule has 0 saturated heterocycles. The van der Waals surface area contributed by atoms with E-state index in [1.807, 2.05) is 0 Å². The molecule has 0 nitrogen and oxygen atoms in total. The smallest absolute Gasteiger partial charge is 0.0213 e. The molecule has 0 amide bonds. The van der Waals surface area contributed by atoms with Gasteiger partial charge in [-0.25, -0.2) is 0 Å². The summed E-state index contributed by atoms with van der Waals surface area (Å²) in [4.78, 5) is 0. The van der Waals surface area contributed by atoms with Crippen LogP contribution >= 0.6 is 0 Å². The highest BCUT2D eigenvalue weighted by atomic mass is 14.4. The second-order valence-corrected chi connectivity index (χ2v) is 4.65. The molecule has 0 aromatic carbocycles. The average molecular weight is 153 g/mol. The van der Waals surface area contributed by atoms with Gasteiger partial charge in [-0.3, -0.25) is 0 Å². The Morgan fingerprint density at radius 1 is 1.27 bits per heavy atom. The molecule has 0 aromatic rings. The van der Waals surface area contributed by atoms with Crippen LogP contribution in [0.1, 0.15) is 53.4 Å². The highest BCUT2D eigenvalue weighted by molar-refractivity contribution is 5.02. The van der Waals surface area contributed by atoms with Crippen molar-refractivity contribution in [2.45, 2.75) is 53.4 Å². The third-order valence-electron chi connectivity index (χ3n) is 3.77. The molecular formula is C11H21. The Morgan fingerprint density at radius 2 is 1.91 bits per heavy atom. The lowest BCUT2D eigenvalue weighted by atomic mass is 9.70. The Hall–Kier alpha value is 0. The first-order valence-corrected chi connectivity index (χ1v) is 4.88. The zero-order valence-electron chi connectivity index (χ0n) is 8.41. The van der Waals surface area contributed by atoms with Crippen LogP contribution in [0, 0.1) is 17.3 Å². The molecule has 1 aliphatic rings. The number of hydrogen-bond acceptors (Lipinski definition) is 0. The van der Waals surface area contributed by atoms with Crippen molar-refractivity contribution in [3.63, 3.8) is 0 Å². The maximum absolute atomic E-state index is 2.40. The van der Waals surface area contributed by atoms with E-state index in [4.69, 9.17) is 0 Å². The van der Waals surface area contributed by atoms with Gasteiger partial charge in [0, 0.05) is 0 Å². The molecule has 1 unspecified atom stereocenters. The fourth-order valence-electron chi connectivity index (χ4n) is 1.94. The van der Waals surface area contributed by atoms with Gasteiger partial charge in [0.05, 0.1) is 0 Å². The summed E-state index contributed by atoms with van der Waals surface area (Å²) in [6.45, 7) is 9.54. The van der Waals surface area contributed by atoms with Gasteiger partial charge in [0.15, 0.2) is 0 Å². The van der Waals surface area contributed by atoms with Crippen LogP contribution < -0.4 is 0 Å². The summed E-state index contributed by atoms with van der Waals surface area (Å²) < 4.78 is 0. The fourth-order valence-corrected chi connectivity index (χ4v) is 1.94. The lowest BCUT2D eigenvalue weighted by Crippen LogP contribution is -2.26. The Morgan fingerprint density at radius 3 is 2.55 bits per heavy atom. The van der Waals surface area contributed by atoms with Crippen molar-refractivity contribution in [1.82, 2.24) is 0 Å². The van der Waals surface area contributed by atoms with Crippen molar-refractivity contribution < 1.29 is 0 Å². The van der Waals surface area contributed by atoms with Crippen molar-refractivity contribution in [3.8, 4) is 0 Å². The van der Waals surface area contributed by atoms with E-state index in [9.17, 15) is 0 Å². The van der Waals surface area contributed by atoms with Gasteiger partial charge in [0.25, 0.3) is 0 Å². The summed E-state index contributed by atoms with van der Waals surface area (Å²) in [6.07, 6.45) is 5.63. The monoisotopic (exact) mass is 153 g/mol. The first-order valence-electron chi connectivity index (χ1n) is 4.88. The van der Waals surface area contributed by atoms with Crippen LogP contribution in [0.3, 0.4) is 0 Å². The van der Waals surface area contributed by atoms with E-state index in [0.717, 1.165) is 5.92 Å². The molecule has 11 heavy (non-hydrogen) atoms. The summed E-state index contributed by atoms with van der Waals surface area (Å²) >= 11 is 0. The van der Waals surface area contributed by atoms with E-state index < -0.39 is 0 Å². The van der Waals surface area contributed by atoms with Crippen LogP contribution in [-0.4, -0.2) is 0 Å². The van der Waals surface area contributed by atoms with Crippen molar-refractivity contribution >= 4 is 0 Å². The zero-order valence-corrected chi connectivity index (χ0v) is 8.41. The minimum atomic E-state index is 0.497. The predicted octanol–water partition coefficient (Wildman–Crippen LogP) is 3.82. The molecule has 1 radical (unpaired) electrons. The lowest BCUT2D eigenvalue weighted by Gasteiger charge is -2.35. The van der Waals surface area contributed by atoms with Gasteiger partial charge in [0.1, 0.15) is 0 Å². The quantitative estimate of drug-likeness (QED) is 0.464. The van der Waals surface area contributed by atoms with Crippen LogP contribution in [0.25, 0.3) is 0 Å². The van der Waals surface area contributed by atoms with E-state index in [0.29, 0.717) is 5.41 Å². The summed E-state index contributed by atoms with van der Waals surface area (Å²) in [5.41, 5.74) is 0.497. The van der Waals surface area contributed by atoms with E-state index in [1.54, 1.807) is 5.92 Å². The molecule has 0 bridgehead atoms. The highest BCUT2D eigenvalue weighted by Gasteiger charge is 2.33. The Bertz CT molecular complexity index is 110. The fraction of sp³-hybridized carbons (Fsp3) is 0.909. The van der Waals surface area contributed by atoms with Gasteiger partial charge in [0.2, 0.25) is 0 Å². The molecule has 1 fully saturated rings. The van der Waals surface area contributed by atoms with Crippen LogP contribution in [0.15, 0.2) is 0 Å². The van der Waals surface area contributed by atoms with E-state index in [-0.39, 0.29) is 0 Å². The highest BCUT2D eigenvalue weighted by Crippen LogP contribution is 2.44. The predicted molar refractivity (Wildman–Crippen MR) is 50.3 cm³/mol. The Labute approximate surface area is 71.4 Å². The molecule has 1 rings (SSSR count). The second-order valence-electron chi connectivity index (χ2n) is 4.65. The summed E-state index contributed by atoms with van der Waals surface area (Å²) in [6, 6.07) is 0. The topological polar surface area (TPSA) is 0 Å². The minimum absolute atomic E-state index is 0.497. The van der Waals surface area contributed by atoms with Crippen molar-refractivity contribution in [3.05, 3.63) is 5.92 Å². The third kappa shape index (κ3) is 1.77. The SMILES string of the molecule is C[C]1CCCCC(C)C1(C)C.